The molecule has 1 N–H and O–H groups in total. The fraction of sp³-hybridized carbons (Fsp3) is 0.308. The summed E-state index contributed by atoms with van der Waals surface area (Å²) in [6.45, 7) is 3.73. The van der Waals surface area contributed by atoms with Gasteiger partial charge in [-0.15, -0.1) is 0 Å². The molecule has 0 saturated heterocycles. The number of hydrogen-bond donors (Lipinski definition) is 1. The second kappa shape index (κ2) is 7.38. The van der Waals surface area contributed by atoms with E-state index in [1.165, 1.54) is 0 Å². The van der Waals surface area contributed by atoms with Gasteiger partial charge in [-0.05, 0) is 32.0 Å². The average molecular weight is 302 g/mol. The van der Waals surface area contributed by atoms with E-state index in [-0.39, 0.29) is 0 Å². The molecule has 1 aromatic rings. The van der Waals surface area contributed by atoms with Crippen molar-refractivity contribution in [2.24, 2.45) is 5.10 Å². The lowest BCUT2D eigenvalue weighted by atomic mass is 10.1. The fourth-order valence-electron chi connectivity index (χ4n) is 1.48. The van der Waals surface area contributed by atoms with Gasteiger partial charge in [0.15, 0.2) is 0 Å². The minimum atomic E-state index is 0.565. The van der Waals surface area contributed by atoms with Crippen LogP contribution in [-0.2, 0) is 4.84 Å². The van der Waals surface area contributed by atoms with E-state index in [4.69, 9.17) is 28.0 Å². The number of nitrogens with one attached hydrogen (secondary N) is 1. The number of hydrazone groups is 1. The summed E-state index contributed by atoms with van der Waals surface area (Å²) in [5.74, 6) is 0. The Morgan fingerprint density at radius 1 is 1.32 bits per heavy atom. The van der Waals surface area contributed by atoms with Crippen molar-refractivity contribution in [3.8, 4) is 0 Å². The molecule has 6 heteroatoms. The molecule has 0 fully saturated rings. The highest BCUT2D eigenvalue weighted by Gasteiger charge is 2.11. The van der Waals surface area contributed by atoms with Crippen LogP contribution in [0.3, 0.4) is 0 Å². The van der Waals surface area contributed by atoms with Gasteiger partial charge in [0, 0.05) is 28.9 Å². The van der Waals surface area contributed by atoms with Crippen molar-refractivity contribution in [3.05, 3.63) is 39.5 Å². The van der Waals surface area contributed by atoms with Gasteiger partial charge in [0.2, 0.25) is 0 Å². The van der Waals surface area contributed by atoms with Crippen molar-refractivity contribution in [2.45, 2.75) is 13.8 Å². The Morgan fingerprint density at radius 2 is 1.89 bits per heavy atom. The summed E-state index contributed by atoms with van der Waals surface area (Å²) in [5.41, 5.74) is 5.43. The molecule has 0 aromatic heterocycles. The lowest BCUT2D eigenvalue weighted by Crippen LogP contribution is -2.19. The third-order valence-electron chi connectivity index (χ3n) is 2.56. The molecule has 0 aliphatic heterocycles. The van der Waals surface area contributed by atoms with Crippen molar-refractivity contribution in [1.82, 2.24) is 10.5 Å². The van der Waals surface area contributed by atoms with Crippen LogP contribution in [0.25, 0.3) is 5.70 Å². The van der Waals surface area contributed by atoms with Crippen LogP contribution in [0.4, 0.5) is 0 Å². The zero-order chi connectivity index (χ0) is 14.4. The van der Waals surface area contributed by atoms with E-state index in [1.807, 2.05) is 26.0 Å². The molecule has 0 saturated carbocycles. The molecule has 1 rings (SSSR count). The second-order valence-corrected chi connectivity index (χ2v) is 4.67. The highest BCUT2D eigenvalue weighted by molar-refractivity contribution is 6.34. The van der Waals surface area contributed by atoms with Gasteiger partial charge in [-0.25, -0.2) is 0 Å². The quantitative estimate of drug-likeness (QED) is 0.664. The molecule has 104 valence electrons. The highest BCUT2D eigenvalue weighted by atomic mass is 35.5. The highest BCUT2D eigenvalue weighted by Crippen LogP contribution is 2.25. The van der Waals surface area contributed by atoms with E-state index in [9.17, 15) is 0 Å². The molecule has 19 heavy (non-hydrogen) atoms. The summed E-state index contributed by atoms with van der Waals surface area (Å²) in [6, 6.07) is 5.31. The molecule has 0 heterocycles. The first kappa shape index (κ1) is 15.8. The molecular formula is C13H17Cl2N3O. The molecule has 0 amide bonds. The Balaban J connectivity index is 3.30. The first-order chi connectivity index (χ1) is 8.99. The predicted molar refractivity (Wildman–Crippen MR) is 81.1 cm³/mol. The predicted octanol–water partition coefficient (Wildman–Crippen LogP) is 3.77. The molecule has 0 unspecified atom stereocenters. The van der Waals surface area contributed by atoms with Crippen LogP contribution in [-0.4, -0.2) is 25.4 Å². The topological polar surface area (TPSA) is 36.9 Å². The summed E-state index contributed by atoms with van der Waals surface area (Å²) in [4.78, 5) is 5.17. The van der Waals surface area contributed by atoms with E-state index >= 15 is 0 Å². The van der Waals surface area contributed by atoms with Gasteiger partial charge in [-0.2, -0.15) is 5.10 Å². The van der Waals surface area contributed by atoms with Crippen LogP contribution in [0.1, 0.15) is 19.4 Å². The molecule has 1 aromatic carbocycles. The number of hydrogen-bond acceptors (Lipinski definition) is 4. The van der Waals surface area contributed by atoms with E-state index < -0.39 is 0 Å². The maximum absolute atomic E-state index is 6.03. The van der Waals surface area contributed by atoms with Gasteiger partial charge < -0.3 is 0 Å². The number of rotatable bonds is 5. The van der Waals surface area contributed by atoms with Gasteiger partial charge in [0.05, 0.1) is 18.5 Å². The van der Waals surface area contributed by atoms with Gasteiger partial charge in [0.1, 0.15) is 0 Å². The SMILES string of the molecule is C/C=N\N/C(=C(/C)N(C)OC)c1cc(Cl)cc(Cl)c1. The van der Waals surface area contributed by atoms with Crippen LogP contribution in [0.15, 0.2) is 29.0 Å². The zero-order valence-corrected chi connectivity index (χ0v) is 12.9. The van der Waals surface area contributed by atoms with Gasteiger partial charge in [0.25, 0.3) is 0 Å². The third kappa shape index (κ3) is 4.42. The Morgan fingerprint density at radius 3 is 2.37 bits per heavy atom. The summed E-state index contributed by atoms with van der Waals surface area (Å²) < 4.78 is 0. The van der Waals surface area contributed by atoms with Crippen LogP contribution < -0.4 is 5.43 Å². The Hall–Kier alpha value is -1.23. The van der Waals surface area contributed by atoms with Crippen molar-refractivity contribution < 1.29 is 4.84 Å². The summed E-state index contributed by atoms with van der Waals surface area (Å²) in [7, 11) is 3.40. The van der Waals surface area contributed by atoms with E-state index in [2.05, 4.69) is 10.5 Å². The van der Waals surface area contributed by atoms with Crippen molar-refractivity contribution in [1.29, 1.82) is 0 Å². The molecule has 0 bridgehead atoms. The monoisotopic (exact) mass is 301 g/mol. The van der Waals surface area contributed by atoms with Crippen LogP contribution in [0.5, 0.6) is 0 Å². The Kier molecular flexibility index (Phi) is 6.15. The molecule has 0 atom stereocenters. The van der Waals surface area contributed by atoms with Crippen LogP contribution in [0.2, 0.25) is 10.0 Å². The molecule has 0 radical (unpaired) electrons. The van der Waals surface area contributed by atoms with Gasteiger partial charge in [-0.1, -0.05) is 23.2 Å². The zero-order valence-electron chi connectivity index (χ0n) is 11.4. The van der Waals surface area contributed by atoms with E-state index in [0.717, 1.165) is 17.0 Å². The summed E-state index contributed by atoms with van der Waals surface area (Å²) in [5, 5.41) is 6.80. The number of hydroxylamine groups is 2. The smallest absolute Gasteiger partial charge is 0.0847 e. The molecule has 4 nitrogen and oxygen atoms in total. The molecular weight excluding hydrogens is 285 g/mol. The standard InChI is InChI=1S/C13H17Cl2N3O/c1-5-16-17-13(9(2)18(3)19-4)10-6-11(14)8-12(15)7-10/h5-8,17H,1-4H3/b13-9-,16-5-. The van der Waals surface area contributed by atoms with Crippen LogP contribution in [0, 0.1) is 0 Å². The summed E-state index contributed by atoms with van der Waals surface area (Å²) in [6.07, 6.45) is 1.66. The Bertz CT molecular complexity index is 480. The second-order valence-electron chi connectivity index (χ2n) is 3.80. The number of halogens is 2. The number of benzene rings is 1. The first-order valence-corrected chi connectivity index (χ1v) is 6.44. The largest absolute Gasteiger partial charge is 0.277 e. The van der Waals surface area contributed by atoms with Crippen LogP contribution >= 0.6 is 23.2 Å². The van der Waals surface area contributed by atoms with Crippen molar-refractivity contribution >= 4 is 35.1 Å². The lowest BCUT2D eigenvalue weighted by molar-refractivity contribution is -0.0765. The molecule has 0 aliphatic rings. The summed E-state index contributed by atoms with van der Waals surface area (Å²) >= 11 is 12.1. The fourth-order valence-corrected chi connectivity index (χ4v) is 2.00. The third-order valence-corrected chi connectivity index (χ3v) is 3.00. The first-order valence-electron chi connectivity index (χ1n) is 5.68. The Labute approximate surface area is 123 Å². The van der Waals surface area contributed by atoms with Gasteiger partial charge >= 0.3 is 0 Å². The lowest BCUT2D eigenvalue weighted by Gasteiger charge is -2.21. The minimum Gasteiger partial charge on any atom is -0.277 e. The maximum Gasteiger partial charge on any atom is 0.0847 e. The van der Waals surface area contributed by atoms with E-state index in [0.29, 0.717) is 10.0 Å². The normalized spacial score (nSPS) is 12.5. The van der Waals surface area contributed by atoms with Crippen molar-refractivity contribution in [2.75, 3.05) is 14.2 Å². The minimum absolute atomic E-state index is 0.565. The number of allylic oxidation sites excluding steroid dienone is 1. The van der Waals surface area contributed by atoms with E-state index in [1.54, 1.807) is 31.5 Å². The van der Waals surface area contributed by atoms with Crippen molar-refractivity contribution in [3.63, 3.8) is 0 Å². The average Bonchev–Trinajstić information content (AvgIpc) is 2.36. The van der Waals surface area contributed by atoms with Gasteiger partial charge in [-0.3, -0.25) is 15.3 Å². The maximum atomic E-state index is 6.03. The molecule has 0 aliphatic carbocycles. The molecule has 0 spiro atoms. The number of nitrogens with zero attached hydrogens (tertiary/aromatic N) is 2.